The van der Waals surface area contributed by atoms with Gasteiger partial charge in [0.25, 0.3) is 11.5 Å². The Balaban J connectivity index is 1.84. The van der Waals surface area contributed by atoms with Crippen LogP contribution in [-0.2, 0) is 11.3 Å². The third-order valence-corrected chi connectivity index (χ3v) is 4.65. The summed E-state index contributed by atoms with van der Waals surface area (Å²) in [7, 11) is 0. The zero-order valence-corrected chi connectivity index (χ0v) is 16.7. The Kier molecular flexibility index (Phi) is 5.93. The van der Waals surface area contributed by atoms with Crippen LogP contribution in [0.4, 0.5) is 11.4 Å². The Bertz CT molecular complexity index is 1130. The van der Waals surface area contributed by atoms with Gasteiger partial charge >= 0.3 is 0 Å². The number of pyridine rings is 1. The van der Waals surface area contributed by atoms with Crippen LogP contribution in [0.15, 0.2) is 65.6 Å². The van der Waals surface area contributed by atoms with Gasteiger partial charge in [-0.3, -0.25) is 14.4 Å². The molecule has 0 saturated carbocycles. The van der Waals surface area contributed by atoms with E-state index in [4.69, 9.17) is 0 Å². The second-order valence-electron chi connectivity index (χ2n) is 6.98. The first-order valence-corrected chi connectivity index (χ1v) is 9.28. The highest BCUT2D eigenvalue weighted by molar-refractivity contribution is 6.05. The predicted octanol–water partition coefficient (Wildman–Crippen LogP) is 3.72. The lowest BCUT2D eigenvalue weighted by atomic mass is 10.1. The highest BCUT2D eigenvalue weighted by atomic mass is 16.2. The Morgan fingerprint density at radius 3 is 2.41 bits per heavy atom. The molecule has 0 unspecified atom stereocenters. The SMILES string of the molecule is CC(=O)Nc1ccc(C)c(NC(=O)c2ccc(=O)n(Cc3ccccc3C)c2)c1. The van der Waals surface area contributed by atoms with E-state index < -0.39 is 0 Å². The van der Waals surface area contributed by atoms with E-state index in [-0.39, 0.29) is 17.4 Å². The molecule has 6 nitrogen and oxygen atoms in total. The van der Waals surface area contributed by atoms with Crippen LogP contribution < -0.4 is 16.2 Å². The second-order valence-corrected chi connectivity index (χ2v) is 6.98. The molecule has 0 atom stereocenters. The zero-order valence-electron chi connectivity index (χ0n) is 16.7. The standard InChI is InChI=1S/C23H23N3O3/c1-15-6-4-5-7-18(15)13-26-14-19(9-11-22(26)28)23(29)25-21-12-20(24-17(3)27)10-8-16(21)2/h4-12,14H,13H2,1-3H3,(H,24,27)(H,25,29). The number of aromatic nitrogens is 1. The van der Waals surface area contributed by atoms with Gasteiger partial charge in [-0.2, -0.15) is 0 Å². The molecule has 148 valence electrons. The highest BCUT2D eigenvalue weighted by Crippen LogP contribution is 2.21. The fourth-order valence-corrected chi connectivity index (χ4v) is 2.99. The summed E-state index contributed by atoms with van der Waals surface area (Å²) in [5.41, 5.74) is 4.36. The molecule has 1 aromatic heterocycles. The Hall–Kier alpha value is -3.67. The van der Waals surface area contributed by atoms with Gasteiger partial charge in [-0.05, 0) is 48.7 Å². The second kappa shape index (κ2) is 8.56. The van der Waals surface area contributed by atoms with Gasteiger partial charge in [0.15, 0.2) is 0 Å². The van der Waals surface area contributed by atoms with Gasteiger partial charge in [0.1, 0.15) is 0 Å². The molecule has 0 saturated heterocycles. The van der Waals surface area contributed by atoms with Gasteiger partial charge in [0, 0.05) is 30.6 Å². The van der Waals surface area contributed by atoms with Crippen molar-refractivity contribution in [3.8, 4) is 0 Å². The molecule has 0 aliphatic heterocycles. The fourth-order valence-electron chi connectivity index (χ4n) is 2.99. The molecule has 0 fully saturated rings. The first-order valence-electron chi connectivity index (χ1n) is 9.28. The van der Waals surface area contributed by atoms with Crippen molar-refractivity contribution in [2.24, 2.45) is 0 Å². The molecule has 3 aromatic rings. The summed E-state index contributed by atoms with van der Waals surface area (Å²) in [6.07, 6.45) is 1.57. The number of nitrogens with one attached hydrogen (secondary N) is 2. The number of rotatable bonds is 5. The van der Waals surface area contributed by atoms with Gasteiger partial charge in [0.05, 0.1) is 12.1 Å². The van der Waals surface area contributed by atoms with Crippen molar-refractivity contribution in [1.29, 1.82) is 0 Å². The predicted molar refractivity (Wildman–Crippen MR) is 114 cm³/mol. The van der Waals surface area contributed by atoms with Crippen molar-refractivity contribution < 1.29 is 9.59 Å². The highest BCUT2D eigenvalue weighted by Gasteiger charge is 2.11. The van der Waals surface area contributed by atoms with Crippen molar-refractivity contribution in [3.05, 3.63) is 93.4 Å². The van der Waals surface area contributed by atoms with Crippen LogP contribution in [0.1, 0.15) is 34.0 Å². The van der Waals surface area contributed by atoms with E-state index in [0.29, 0.717) is 23.5 Å². The lowest BCUT2D eigenvalue weighted by molar-refractivity contribution is -0.114. The summed E-state index contributed by atoms with van der Waals surface area (Å²) in [5, 5.41) is 5.56. The van der Waals surface area contributed by atoms with Crippen LogP contribution in [0.2, 0.25) is 0 Å². The van der Waals surface area contributed by atoms with Crippen molar-refractivity contribution in [3.63, 3.8) is 0 Å². The largest absolute Gasteiger partial charge is 0.326 e. The third-order valence-electron chi connectivity index (χ3n) is 4.65. The van der Waals surface area contributed by atoms with Crippen LogP contribution in [0.5, 0.6) is 0 Å². The van der Waals surface area contributed by atoms with E-state index >= 15 is 0 Å². The number of carbonyl (C=O) groups excluding carboxylic acids is 2. The Labute approximate surface area is 169 Å². The van der Waals surface area contributed by atoms with E-state index in [1.54, 1.807) is 18.3 Å². The average molecular weight is 389 g/mol. The summed E-state index contributed by atoms with van der Waals surface area (Å²) in [6.45, 7) is 5.67. The van der Waals surface area contributed by atoms with Crippen molar-refractivity contribution >= 4 is 23.2 Å². The zero-order chi connectivity index (χ0) is 21.0. The van der Waals surface area contributed by atoms with E-state index in [0.717, 1.165) is 16.7 Å². The number of hydrogen-bond acceptors (Lipinski definition) is 3. The van der Waals surface area contributed by atoms with Crippen LogP contribution in [0.3, 0.4) is 0 Å². The van der Waals surface area contributed by atoms with Gasteiger partial charge in [-0.25, -0.2) is 0 Å². The first-order chi connectivity index (χ1) is 13.8. The van der Waals surface area contributed by atoms with Gasteiger partial charge in [-0.1, -0.05) is 30.3 Å². The molecule has 1 heterocycles. The summed E-state index contributed by atoms with van der Waals surface area (Å²) < 4.78 is 1.53. The molecule has 0 bridgehead atoms. The summed E-state index contributed by atoms with van der Waals surface area (Å²) in [4.78, 5) is 36.3. The fraction of sp³-hybridized carbons (Fsp3) is 0.174. The van der Waals surface area contributed by atoms with E-state index in [1.807, 2.05) is 44.2 Å². The number of benzene rings is 2. The van der Waals surface area contributed by atoms with Gasteiger partial charge in [-0.15, -0.1) is 0 Å². The Morgan fingerprint density at radius 2 is 1.69 bits per heavy atom. The normalized spacial score (nSPS) is 10.4. The minimum Gasteiger partial charge on any atom is -0.326 e. The molecule has 0 aliphatic carbocycles. The molecule has 0 spiro atoms. The minimum absolute atomic E-state index is 0.173. The quantitative estimate of drug-likeness (QED) is 0.698. The van der Waals surface area contributed by atoms with E-state index in [2.05, 4.69) is 10.6 Å². The van der Waals surface area contributed by atoms with Crippen LogP contribution in [0, 0.1) is 13.8 Å². The lowest BCUT2D eigenvalue weighted by Crippen LogP contribution is -2.23. The molecule has 29 heavy (non-hydrogen) atoms. The van der Waals surface area contributed by atoms with Crippen molar-refractivity contribution in [1.82, 2.24) is 4.57 Å². The van der Waals surface area contributed by atoms with E-state index in [1.165, 1.54) is 23.6 Å². The maximum absolute atomic E-state index is 12.8. The number of nitrogens with zero attached hydrogens (tertiary/aromatic N) is 1. The van der Waals surface area contributed by atoms with Crippen LogP contribution in [0.25, 0.3) is 0 Å². The van der Waals surface area contributed by atoms with Crippen molar-refractivity contribution in [2.45, 2.75) is 27.3 Å². The summed E-state index contributed by atoms with van der Waals surface area (Å²) in [6, 6.07) is 16.0. The summed E-state index contributed by atoms with van der Waals surface area (Å²) in [5.74, 6) is -0.513. The molecule has 6 heteroatoms. The smallest absolute Gasteiger partial charge is 0.257 e. The molecule has 3 rings (SSSR count). The third kappa shape index (κ3) is 4.99. The maximum Gasteiger partial charge on any atom is 0.257 e. The lowest BCUT2D eigenvalue weighted by Gasteiger charge is -2.13. The van der Waals surface area contributed by atoms with Gasteiger partial charge < -0.3 is 15.2 Å². The maximum atomic E-state index is 12.8. The summed E-state index contributed by atoms with van der Waals surface area (Å²) >= 11 is 0. The van der Waals surface area contributed by atoms with Gasteiger partial charge in [0.2, 0.25) is 5.91 Å². The molecular weight excluding hydrogens is 366 g/mol. The Morgan fingerprint density at radius 1 is 0.931 bits per heavy atom. The molecule has 0 radical (unpaired) electrons. The molecule has 2 N–H and O–H groups in total. The number of hydrogen-bond donors (Lipinski definition) is 2. The minimum atomic E-state index is -0.327. The van der Waals surface area contributed by atoms with Crippen LogP contribution >= 0.6 is 0 Å². The van der Waals surface area contributed by atoms with Crippen LogP contribution in [-0.4, -0.2) is 16.4 Å². The molecule has 2 aromatic carbocycles. The molecule has 0 aliphatic rings. The molecule has 2 amide bonds. The average Bonchev–Trinajstić information content (AvgIpc) is 2.67. The monoisotopic (exact) mass is 389 g/mol. The molecular formula is C23H23N3O3. The number of aryl methyl sites for hydroxylation is 2. The van der Waals surface area contributed by atoms with E-state index in [9.17, 15) is 14.4 Å². The topological polar surface area (TPSA) is 80.2 Å². The number of carbonyl (C=O) groups is 2. The van der Waals surface area contributed by atoms with Crippen molar-refractivity contribution in [2.75, 3.05) is 10.6 Å². The first kappa shape index (κ1) is 20.1. The number of amides is 2. The number of anilines is 2.